The van der Waals surface area contributed by atoms with E-state index in [-0.39, 0.29) is 17.4 Å². The second-order valence-corrected chi connectivity index (χ2v) is 7.63. The molecular formula is C19H27BrN2O2. The molecule has 0 aliphatic heterocycles. The number of nitrogens with two attached hydrogens (primary N) is 1. The quantitative estimate of drug-likeness (QED) is 0.570. The van der Waals surface area contributed by atoms with Crippen molar-refractivity contribution in [3.05, 3.63) is 28.2 Å². The Bertz CT molecular complexity index is 612. The fourth-order valence-electron chi connectivity index (χ4n) is 2.05. The second-order valence-electron chi connectivity index (χ2n) is 6.72. The highest BCUT2D eigenvalue weighted by Crippen LogP contribution is 2.18. The van der Waals surface area contributed by atoms with Crippen LogP contribution in [0.1, 0.15) is 46.1 Å². The predicted octanol–water partition coefficient (Wildman–Crippen LogP) is 3.73. The molecule has 0 aliphatic rings. The lowest BCUT2D eigenvalue weighted by Crippen LogP contribution is -2.24. The topological polar surface area (TPSA) is 64.4 Å². The molecule has 0 radical (unpaired) electrons. The van der Waals surface area contributed by atoms with Crippen LogP contribution in [0.3, 0.4) is 0 Å². The summed E-state index contributed by atoms with van der Waals surface area (Å²) in [7, 11) is 0. The van der Waals surface area contributed by atoms with Crippen LogP contribution in [0.5, 0.6) is 0 Å². The minimum atomic E-state index is -0.161. The lowest BCUT2D eigenvalue weighted by molar-refractivity contribution is -0.118. The Hall–Kier alpha value is -1.51. The van der Waals surface area contributed by atoms with Gasteiger partial charge in [-0.15, -0.1) is 0 Å². The maximum Gasteiger partial charge on any atom is 0.216 e. The van der Waals surface area contributed by atoms with Gasteiger partial charge in [0.2, 0.25) is 5.91 Å². The number of nitrogens with one attached hydrogen (secondary N) is 1. The molecule has 0 spiro atoms. The molecule has 1 rings (SSSR count). The number of anilines is 1. The highest BCUT2D eigenvalue weighted by Gasteiger charge is 2.12. The first-order valence-corrected chi connectivity index (χ1v) is 8.91. The highest BCUT2D eigenvalue weighted by atomic mass is 79.9. The van der Waals surface area contributed by atoms with Crippen molar-refractivity contribution in [2.75, 3.05) is 18.9 Å². The SMILES string of the molecule is CC(=O)NCCC(C#Cc1ccc(Br)cc1N)CCOC(C)(C)C. The highest BCUT2D eigenvalue weighted by molar-refractivity contribution is 9.10. The number of carbonyl (C=O) groups is 1. The van der Waals surface area contributed by atoms with Crippen LogP contribution in [0.4, 0.5) is 5.69 Å². The Morgan fingerprint density at radius 2 is 2.08 bits per heavy atom. The van der Waals surface area contributed by atoms with Crippen molar-refractivity contribution in [3.8, 4) is 11.8 Å². The van der Waals surface area contributed by atoms with Gasteiger partial charge in [-0.2, -0.15) is 0 Å². The Balaban J connectivity index is 2.72. The molecule has 3 N–H and O–H groups in total. The molecule has 0 bridgehead atoms. The molecule has 0 fully saturated rings. The monoisotopic (exact) mass is 394 g/mol. The molecule has 24 heavy (non-hydrogen) atoms. The molecule has 0 heterocycles. The van der Waals surface area contributed by atoms with Gasteiger partial charge in [0.15, 0.2) is 0 Å². The van der Waals surface area contributed by atoms with Crippen molar-refractivity contribution in [1.29, 1.82) is 0 Å². The Kier molecular flexibility index (Phi) is 8.30. The minimum Gasteiger partial charge on any atom is -0.398 e. The van der Waals surface area contributed by atoms with Crippen LogP contribution in [-0.4, -0.2) is 24.7 Å². The normalized spacial score (nSPS) is 12.2. The van der Waals surface area contributed by atoms with Crippen molar-refractivity contribution in [2.24, 2.45) is 5.92 Å². The van der Waals surface area contributed by atoms with Crippen molar-refractivity contribution in [1.82, 2.24) is 5.32 Å². The molecule has 1 aromatic rings. The van der Waals surface area contributed by atoms with Gasteiger partial charge >= 0.3 is 0 Å². The first-order valence-electron chi connectivity index (χ1n) is 8.12. The van der Waals surface area contributed by atoms with E-state index in [0.717, 1.165) is 22.9 Å². The Morgan fingerprint density at radius 1 is 1.38 bits per heavy atom. The zero-order valence-corrected chi connectivity index (χ0v) is 16.5. The number of benzene rings is 1. The number of halogens is 1. The lowest BCUT2D eigenvalue weighted by Gasteiger charge is -2.20. The standard InChI is InChI=1S/C19H27BrN2O2/c1-14(23)22-11-9-15(10-12-24-19(2,3)4)5-6-16-7-8-17(20)13-18(16)21/h7-8,13,15H,9-12,21H2,1-4H3,(H,22,23). The van der Waals surface area contributed by atoms with Crippen LogP contribution in [0, 0.1) is 17.8 Å². The third-order valence-corrected chi connectivity index (χ3v) is 3.79. The molecule has 5 heteroatoms. The molecule has 0 saturated carbocycles. The molecule has 0 aliphatic carbocycles. The molecule has 1 aromatic carbocycles. The van der Waals surface area contributed by atoms with Gasteiger partial charge in [0.05, 0.1) is 5.60 Å². The maximum atomic E-state index is 11.0. The third-order valence-electron chi connectivity index (χ3n) is 3.29. The summed E-state index contributed by atoms with van der Waals surface area (Å²) in [6.07, 6.45) is 1.61. The first-order chi connectivity index (χ1) is 11.2. The van der Waals surface area contributed by atoms with E-state index < -0.39 is 0 Å². The summed E-state index contributed by atoms with van der Waals surface area (Å²) in [5.41, 5.74) is 7.30. The van der Waals surface area contributed by atoms with E-state index in [4.69, 9.17) is 10.5 Å². The van der Waals surface area contributed by atoms with Crippen molar-refractivity contribution < 1.29 is 9.53 Å². The fourth-order valence-corrected chi connectivity index (χ4v) is 2.42. The average Bonchev–Trinajstić information content (AvgIpc) is 2.44. The second kappa shape index (κ2) is 9.71. The number of amides is 1. The van der Waals surface area contributed by atoms with Gasteiger partial charge in [0, 0.05) is 41.7 Å². The van der Waals surface area contributed by atoms with E-state index in [1.54, 1.807) is 0 Å². The summed E-state index contributed by atoms with van der Waals surface area (Å²) < 4.78 is 6.73. The van der Waals surface area contributed by atoms with E-state index in [9.17, 15) is 4.79 Å². The van der Waals surface area contributed by atoms with Crippen molar-refractivity contribution >= 4 is 27.5 Å². The fraction of sp³-hybridized carbons (Fsp3) is 0.526. The number of nitrogen functional groups attached to an aromatic ring is 1. The number of carbonyl (C=O) groups excluding carboxylic acids is 1. The lowest BCUT2D eigenvalue weighted by atomic mass is 10.0. The largest absolute Gasteiger partial charge is 0.398 e. The molecule has 1 atom stereocenters. The predicted molar refractivity (Wildman–Crippen MR) is 103 cm³/mol. The van der Waals surface area contributed by atoms with Crippen LogP contribution in [0.2, 0.25) is 0 Å². The number of hydrogen-bond acceptors (Lipinski definition) is 3. The molecule has 0 aromatic heterocycles. The number of hydrogen-bond donors (Lipinski definition) is 2. The summed E-state index contributed by atoms with van der Waals surface area (Å²) in [5.74, 6) is 6.56. The number of rotatable bonds is 6. The van der Waals surface area contributed by atoms with Crippen LogP contribution >= 0.6 is 15.9 Å². The summed E-state index contributed by atoms with van der Waals surface area (Å²) >= 11 is 3.39. The molecule has 4 nitrogen and oxygen atoms in total. The molecule has 1 unspecified atom stereocenters. The van der Waals surface area contributed by atoms with Gasteiger partial charge in [0.25, 0.3) is 0 Å². The molecule has 0 saturated heterocycles. The van der Waals surface area contributed by atoms with E-state index in [0.29, 0.717) is 18.8 Å². The van der Waals surface area contributed by atoms with Crippen molar-refractivity contribution in [2.45, 2.75) is 46.1 Å². The average molecular weight is 395 g/mol. The van der Waals surface area contributed by atoms with Crippen LogP contribution in [0.15, 0.2) is 22.7 Å². The zero-order valence-electron chi connectivity index (χ0n) is 14.9. The summed E-state index contributed by atoms with van der Waals surface area (Å²) in [5, 5.41) is 2.82. The number of ether oxygens (including phenoxy) is 1. The first kappa shape index (κ1) is 20.5. The van der Waals surface area contributed by atoms with E-state index in [2.05, 4.69) is 33.1 Å². The maximum absolute atomic E-state index is 11.0. The summed E-state index contributed by atoms with van der Waals surface area (Å²) in [4.78, 5) is 11.0. The summed E-state index contributed by atoms with van der Waals surface area (Å²) in [6, 6.07) is 5.68. The van der Waals surface area contributed by atoms with E-state index >= 15 is 0 Å². The van der Waals surface area contributed by atoms with Gasteiger partial charge in [-0.3, -0.25) is 4.79 Å². The van der Waals surface area contributed by atoms with E-state index in [1.807, 2.05) is 39.0 Å². The van der Waals surface area contributed by atoms with Crippen LogP contribution in [0.25, 0.3) is 0 Å². The smallest absolute Gasteiger partial charge is 0.216 e. The summed E-state index contributed by atoms with van der Waals surface area (Å²) in [6.45, 7) is 8.87. The van der Waals surface area contributed by atoms with Crippen molar-refractivity contribution in [3.63, 3.8) is 0 Å². The Morgan fingerprint density at radius 3 is 2.67 bits per heavy atom. The van der Waals surface area contributed by atoms with Gasteiger partial charge in [0.1, 0.15) is 0 Å². The third kappa shape index (κ3) is 8.95. The van der Waals surface area contributed by atoms with Gasteiger partial charge in [-0.25, -0.2) is 0 Å². The zero-order chi connectivity index (χ0) is 18.2. The van der Waals surface area contributed by atoms with Gasteiger partial charge in [-0.1, -0.05) is 27.8 Å². The Labute approximate surface area is 153 Å². The van der Waals surface area contributed by atoms with Crippen LogP contribution in [-0.2, 0) is 9.53 Å². The minimum absolute atomic E-state index is 0.0233. The van der Waals surface area contributed by atoms with Crippen LogP contribution < -0.4 is 11.1 Å². The molecule has 1 amide bonds. The van der Waals surface area contributed by atoms with Gasteiger partial charge in [-0.05, 0) is 51.8 Å². The molecule has 132 valence electrons. The van der Waals surface area contributed by atoms with Gasteiger partial charge < -0.3 is 15.8 Å². The van der Waals surface area contributed by atoms with E-state index in [1.165, 1.54) is 6.92 Å². The molecular weight excluding hydrogens is 368 g/mol.